The molecule has 1 fully saturated rings. The van der Waals surface area contributed by atoms with Crippen molar-refractivity contribution in [1.82, 2.24) is 14.6 Å². The SMILES string of the molecule is O=C(COc1c(C=Nn2c(=O)[nH]c3ccccc3c2=O)cc(Cl)cc1[N+](=O)[O-])N1CCOCC1. The Bertz CT molecular complexity index is 1410. The number of amides is 1. The molecule has 3 aromatic rings. The highest BCUT2D eigenvalue weighted by Crippen LogP contribution is 2.33. The van der Waals surface area contributed by atoms with E-state index >= 15 is 0 Å². The fourth-order valence-corrected chi connectivity index (χ4v) is 3.63. The molecular weight excluding hydrogens is 470 g/mol. The number of nitro groups is 1. The van der Waals surface area contributed by atoms with Gasteiger partial charge >= 0.3 is 11.4 Å². The zero-order valence-electron chi connectivity index (χ0n) is 17.6. The molecule has 0 aliphatic carbocycles. The van der Waals surface area contributed by atoms with Gasteiger partial charge in [-0.05, 0) is 18.2 Å². The first kappa shape index (κ1) is 23.1. The van der Waals surface area contributed by atoms with E-state index in [2.05, 4.69) is 10.1 Å². The number of para-hydroxylation sites is 1. The van der Waals surface area contributed by atoms with Gasteiger partial charge in [0.2, 0.25) is 5.75 Å². The first-order valence-corrected chi connectivity index (χ1v) is 10.5. The van der Waals surface area contributed by atoms with Crippen LogP contribution in [0.15, 0.2) is 51.1 Å². The van der Waals surface area contributed by atoms with Gasteiger partial charge in [0.05, 0.1) is 35.3 Å². The molecule has 0 spiro atoms. The van der Waals surface area contributed by atoms with Crippen molar-refractivity contribution >= 4 is 40.3 Å². The molecule has 0 saturated carbocycles. The molecule has 1 aliphatic heterocycles. The summed E-state index contributed by atoms with van der Waals surface area (Å²) in [5.41, 5.74) is -1.64. The number of nitrogens with zero attached hydrogens (tertiary/aromatic N) is 4. The minimum absolute atomic E-state index is 0.000210. The van der Waals surface area contributed by atoms with Gasteiger partial charge < -0.3 is 19.4 Å². The molecule has 12 nitrogen and oxygen atoms in total. The number of aromatic amines is 1. The molecule has 13 heteroatoms. The summed E-state index contributed by atoms with van der Waals surface area (Å²) in [5.74, 6) is -0.650. The summed E-state index contributed by atoms with van der Waals surface area (Å²) in [6.45, 7) is 1.07. The largest absolute Gasteiger partial charge is 0.476 e. The molecule has 1 amide bonds. The van der Waals surface area contributed by atoms with Gasteiger partial charge in [0, 0.05) is 29.7 Å². The molecule has 4 rings (SSSR count). The standard InChI is InChI=1S/C21H18ClN5O7/c22-14-9-13(11-23-26-20(29)15-3-1-2-4-16(15)24-21(26)30)19(17(10-14)27(31)32)34-12-18(28)25-5-7-33-8-6-25/h1-4,9-11H,5-8,12H2,(H,24,30). The van der Waals surface area contributed by atoms with Crippen molar-refractivity contribution in [1.29, 1.82) is 0 Å². The third kappa shape index (κ3) is 4.82. The number of H-pyrrole nitrogens is 1. The topological polar surface area (TPSA) is 149 Å². The quantitative estimate of drug-likeness (QED) is 0.313. The fourth-order valence-electron chi connectivity index (χ4n) is 3.40. The fraction of sp³-hybridized carbons (Fsp3) is 0.238. The highest BCUT2D eigenvalue weighted by molar-refractivity contribution is 6.31. The summed E-state index contributed by atoms with van der Waals surface area (Å²) in [6.07, 6.45) is 1.04. The van der Waals surface area contributed by atoms with Gasteiger partial charge in [-0.15, -0.1) is 4.68 Å². The lowest BCUT2D eigenvalue weighted by molar-refractivity contribution is -0.385. The first-order valence-electron chi connectivity index (χ1n) is 10.1. The van der Waals surface area contributed by atoms with Gasteiger partial charge in [-0.1, -0.05) is 23.7 Å². The summed E-state index contributed by atoms with van der Waals surface area (Å²) in [6, 6.07) is 8.78. The van der Waals surface area contributed by atoms with Crippen LogP contribution in [-0.4, -0.2) is 64.5 Å². The van der Waals surface area contributed by atoms with Gasteiger partial charge in [-0.25, -0.2) is 4.79 Å². The minimum atomic E-state index is -0.804. The predicted octanol–water partition coefficient (Wildman–Crippen LogP) is 1.37. The number of benzene rings is 2. The van der Waals surface area contributed by atoms with E-state index < -0.39 is 28.5 Å². The van der Waals surface area contributed by atoms with Crippen molar-refractivity contribution in [3.05, 3.63) is 77.9 Å². The lowest BCUT2D eigenvalue weighted by atomic mass is 10.2. The number of carbonyl (C=O) groups excluding carboxylic acids is 1. The van der Waals surface area contributed by atoms with E-state index in [1.807, 2.05) is 0 Å². The van der Waals surface area contributed by atoms with E-state index in [1.165, 1.54) is 17.0 Å². The lowest BCUT2D eigenvalue weighted by Gasteiger charge is -2.26. The normalized spacial score (nSPS) is 14.0. The van der Waals surface area contributed by atoms with Crippen molar-refractivity contribution in [3.63, 3.8) is 0 Å². The molecule has 176 valence electrons. The summed E-state index contributed by atoms with van der Waals surface area (Å²) < 4.78 is 11.3. The maximum absolute atomic E-state index is 12.7. The summed E-state index contributed by atoms with van der Waals surface area (Å²) in [5, 5.41) is 15.7. The number of carbonyl (C=O) groups is 1. The Morgan fingerprint density at radius 3 is 2.74 bits per heavy atom. The van der Waals surface area contributed by atoms with Crippen LogP contribution in [-0.2, 0) is 9.53 Å². The molecule has 34 heavy (non-hydrogen) atoms. The number of halogens is 1. The van der Waals surface area contributed by atoms with Crippen LogP contribution in [0.2, 0.25) is 5.02 Å². The van der Waals surface area contributed by atoms with Crippen molar-refractivity contribution in [2.24, 2.45) is 5.10 Å². The second kappa shape index (κ2) is 9.85. The number of hydrogen-bond donors (Lipinski definition) is 1. The zero-order valence-corrected chi connectivity index (χ0v) is 18.4. The Kier molecular flexibility index (Phi) is 6.70. The second-order valence-corrected chi connectivity index (χ2v) is 7.66. The summed E-state index contributed by atoms with van der Waals surface area (Å²) >= 11 is 6.03. The molecule has 1 aromatic heterocycles. The van der Waals surface area contributed by atoms with E-state index in [4.69, 9.17) is 21.1 Å². The highest BCUT2D eigenvalue weighted by atomic mass is 35.5. The summed E-state index contributed by atoms with van der Waals surface area (Å²) in [7, 11) is 0. The van der Waals surface area contributed by atoms with E-state index in [9.17, 15) is 24.5 Å². The third-order valence-corrected chi connectivity index (χ3v) is 5.28. The zero-order chi connectivity index (χ0) is 24.2. The van der Waals surface area contributed by atoms with Gasteiger partial charge in [-0.2, -0.15) is 5.10 Å². The number of rotatable bonds is 6. The van der Waals surface area contributed by atoms with Crippen LogP contribution in [0, 0.1) is 10.1 Å². The van der Waals surface area contributed by atoms with Crippen LogP contribution in [0.25, 0.3) is 10.9 Å². The van der Waals surface area contributed by atoms with E-state index in [0.717, 1.165) is 12.3 Å². The predicted molar refractivity (Wildman–Crippen MR) is 123 cm³/mol. The lowest BCUT2D eigenvalue weighted by Crippen LogP contribution is -2.43. The van der Waals surface area contributed by atoms with Gasteiger partial charge in [0.1, 0.15) is 0 Å². The van der Waals surface area contributed by atoms with Crippen LogP contribution < -0.4 is 16.0 Å². The number of morpholine rings is 1. The molecular formula is C21H18ClN5O7. The Labute approximate surface area is 196 Å². The van der Waals surface area contributed by atoms with Crippen molar-refractivity contribution in [2.45, 2.75) is 0 Å². The van der Waals surface area contributed by atoms with Crippen LogP contribution in [0.3, 0.4) is 0 Å². The van der Waals surface area contributed by atoms with Gasteiger partial charge in [0.25, 0.3) is 11.5 Å². The summed E-state index contributed by atoms with van der Waals surface area (Å²) in [4.78, 5) is 52.4. The Morgan fingerprint density at radius 2 is 2.00 bits per heavy atom. The van der Waals surface area contributed by atoms with E-state index in [1.54, 1.807) is 18.2 Å². The number of aromatic nitrogens is 2. The average Bonchev–Trinajstić information content (AvgIpc) is 2.83. The van der Waals surface area contributed by atoms with Crippen molar-refractivity contribution in [2.75, 3.05) is 32.9 Å². The van der Waals surface area contributed by atoms with E-state index in [-0.39, 0.29) is 27.6 Å². The number of nitro benzene ring substituents is 1. The van der Waals surface area contributed by atoms with Gasteiger partial charge in [-0.3, -0.25) is 19.7 Å². The number of nitrogens with one attached hydrogen (secondary N) is 1. The molecule has 1 saturated heterocycles. The monoisotopic (exact) mass is 487 g/mol. The van der Waals surface area contributed by atoms with Crippen LogP contribution in [0.5, 0.6) is 5.75 Å². The smallest absolute Gasteiger partial charge is 0.349 e. The minimum Gasteiger partial charge on any atom is -0.476 e. The third-order valence-electron chi connectivity index (χ3n) is 5.06. The number of hydrogen-bond acceptors (Lipinski definition) is 8. The van der Waals surface area contributed by atoms with Crippen molar-refractivity contribution in [3.8, 4) is 5.75 Å². The number of ether oxygens (including phenoxy) is 2. The Morgan fingerprint density at radius 1 is 1.26 bits per heavy atom. The molecule has 0 bridgehead atoms. The molecule has 1 aliphatic rings. The average molecular weight is 488 g/mol. The molecule has 0 radical (unpaired) electrons. The molecule has 2 heterocycles. The van der Waals surface area contributed by atoms with Crippen LogP contribution in [0.1, 0.15) is 5.56 Å². The number of fused-ring (bicyclic) bond motifs is 1. The maximum Gasteiger partial charge on any atom is 0.349 e. The highest BCUT2D eigenvalue weighted by Gasteiger charge is 2.24. The van der Waals surface area contributed by atoms with Crippen molar-refractivity contribution < 1.29 is 19.2 Å². The molecule has 0 unspecified atom stereocenters. The van der Waals surface area contributed by atoms with Crippen LogP contribution >= 0.6 is 11.6 Å². The second-order valence-electron chi connectivity index (χ2n) is 7.22. The molecule has 2 aromatic carbocycles. The van der Waals surface area contributed by atoms with Crippen LogP contribution in [0.4, 0.5) is 5.69 Å². The van der Waals surface area contributed by atoms with Gasteiger partial charge in [0.15, 0.2) is 6.61 Å². The maximum atomic E-state index is 12.7. The Balaban J connectivity index is 1.70. The Hall–Kier alpha value is -4.03. The molecule has 1 N–H and O–H groups in total. The molecule has 0 atom stereocenters. The first-order chi connectivity index (χ1) is 16.3. The van der Waals surface area contributed by atoms with E-state index in [0.29, 0.717) is 36.5 Å².